The first-order chi connectivity index (χ1) is 34.7. The van der Waals surface area contributed by atoms with Crippen molar-refractivity contribution in [2.45, 2.75) is 167 Å². The summed E-state index contributed by atoms with van der Waals surface area (Å²) in [7, 11) is 0. The normalized spacial score (nSPS) is 14.9. The van der Waals surface area contributed by atoms with Gasteiger partial charge in [0.2, 0.25) is 53.2 Å². The molecule has 74 heavy (non-hydrogen) atoms. The number of hydrogen-bond donors (Lipinski definition) is 16. The summed E-state index contributed by atoms with van der Waals surface area (Å²) in [5.41, 5.74) is 17.3. The van der Waals surface area contributed by atoms with E-state index in [1.807, 2.05) is 13.8 Å². The number of primary amides is 1. The van der Waals surface area contributed by atoms with E-state index < -0.39 is 146 Å². The largest absolute Gasteiger partial charge is 0.481 e. The zero-order valence-corrected chi connectivity index (χ0v) is 42.9. The first kappa shape index (κ1) is 65.2. The first-order valence-corrected chi connectivity index (χ1v) is 24.5. The number of imidazole rings is 1. The lowest BCUT2D eigenvalue weighted by atomic mass is 10.00. The van der Waals surface area contributed by atoms with E-state index in [2.05, 4.69) is 52.5 Å². The Labute approximate surface area is 429 Å². The van der Waals surface area contributed by atoms with Crippen molar-refractivity contribution in [3.63, 3.8) is 0 Å². The molecule has 0 saturated heterocycles. The number of carbonyl (C=O) groups is 11. The number of aliphatic carboxylic acids is 2. The Kier molecular flexibility index (Phi) is 29.8. The van der Waals surface area contributed by atoms with Crippen LogP contribution >= 0.6 is 0 Å². The first-order valence-electron chi connectivity index (χ1n) is 24.5. The molecule has 0 aliphatic carbocycles. The molecule has 9 amide bonds. The van der Waals surface area contributed by atoms with Crippen LogP contribution in [0.4, 0.5) is 0 Å². The standard InChI is InChI=1S/C46H79N13O15/c1-23(2)15-27(48)38(65)52-30(11-13-37(63)64)40(67)56-32(18-26-19-50-22-51-26)43(70)58-35(21-61)45(72)59-34(20-60)44(71)53-28(9-7-8-14-47)39(66)55-31(16-24(3)4)42(69)54-29(10-12-36(49)62)41(68)57-33(46(73)74)17-25(5)6/h19,22-25,27-35,60-61H,7-18,20-21,47-48H2,1-6H3,(H2,49,62)(H,50,51)(H,52,65)(H,53,71)(H,54,69)(H,55,66)(H,56,67)(H,57,68)(H,58,70)(H,59,72)(H,63,64)(H,73,74)/t27-,28-,29-,30-,31-,32-,33-,34-,35-/m0/s1. The van der Waals surface area contributed by atoms with Crippen molar-refractivity contribution in [3.8, 4) is 0 Å². The molecule has 0 aromatic carbocycles. The third-order valence-electron chi connectivity index (χ3n) is 11.1. The molecule has 0 aliphatic heterocycles. The summed E-state index contributed by atoms with van der Waals surface area (Å²) in [6, 6.07) is -13.3. The highest BCUT2D eigenvalue weighted by molar-refractivity contribution is 5.98. The second kappa shape index (κ2) is 33.9. The van der Waals surface area contributed by atoms with Crippen molar-refractivity contribution < 1.29 is 73.2 Å². The molecule has 19 N–H and O–H groups in total. The summed E-state index contributed by atoms with van der Waals surface area (Å²) < 4.78 is 0. The maximum absolute atomic E-state index is 14.0. The maximum atomic E-state index is 14.0. The van der Waals surface area contributed by atoms with Gasteiger partial charge >= 0.3 is 11.9 Å². The molecule has 9 atom stereocenters. The minimum atomic E-state index is -1.83. The van der Waals surface area contributed by atoms with Gasteiger partial charge in [0.25, 0.3) is 0 Å². The number of aliphatic hydroxyl groups excluding tert-OH is 2. The Morgan fingerprint density at radius 1 is 0.527 bits per heavy atom. The Bertz CT molecular complexity index is 2020. The van der Waals surface area contributed by atoms with Gasteiger partial charge in [-0.3, -0.25) is 47.9 Å². The molecule has 0 aliphatic rings. The fourth-order valence-electron chi connectivity index (χ4n) is 7.26. The summed E-state index contributed by atoms with van der Waals surface area (Å²) in [5.74, 6) is -11.7. The van der Waals surface area contributed by atoms with Crippen LogP contribution in [0.25, 0.3) is 0 Å². The lowest BCUT2D eigenvalue weighted by Crippen LogP contribution is -2.61. The number of nitrogens with zero attached hydrogens (tertiary/aromatic N) is 1. The van der Waals surface area contributed by atoms with Crippen molar-refractivity contribution in [1.29, 1.82) is 0 Å². The molecule has 0 bridgehead atoms. The van der Waals surface area contributed by atoms with Crippen LogP contribution in [0.5, 0.6) is 0 Å². The lowest BCUT2D eigenvalue weighted by Gasteiger charge is -2.28. The number of aromatic amines is 1. The van der Waals surface area contributed by atoms with Crippen LogP contribution in [0.3, 0.4) is 0 Å². The van der Waals surface area contributed by atoms with Crippen molar-refractivity contribution in [2.75, 3.05) is 19.8 Å². The highest BCUT2D eigenvalue weighted by atomic mass is 16.4. The van der Waals surface area contributed by atoms with E-state index >= 15 is 0 Å². The van der Waals surface area contributed by atoms with Crippen molar-refractivity contribution in [1.82, 2.24) is 52.5 Å². The highest BCUT2D eigenvalue weighted by Gasteiger charge is 2.35. The summed E-state index contributed by atoms with van der Waals surface area (Å²) in [6.45, 7) is 8.61. The molecule has 0 spiro atoms. The van der Waals surface area contributed by atoms with E-state index in [9.17, 15) is 73.2 Å². The fraction of sp³-hybridized carbons (Fsp3) is 0.696. The summed E-state index contributed by atoms with van der Waals surface area (Å²) in [6.07, 6.45) is 1.51. The molecular formula is C46H79N13O15. The monoisotopic (exact) mass is 1050 g/mol. The van der Waals surface area contributed by atoms with Gasteiger partial charge < -0.3 is 85.1 Å². The number of aliphatic hydroxyl groups is 2. The molecule has 1 aromatic rings. The van der Waals surface area contributed by atoms with Gasteiger partial charge in [-0.05, 0) is 75.7 Å². The number of carboxylic acids is 2. The third-order valence-corrected chi connectivity index (χ3v) is 11.1. The van der Waals surface area contributed by atoms with Crippen LogP contribution < -0.4 is 59.7 Å². The van der Waals surface area contributed by atoms with E-state index in [0.717, 1.165) is 0 Å². The number of rotatable bonds is 37. The van der Waals surface area contributed by atoms with Crippen LogP contribution in [0, 0.1) is 17.8 Å². The molecular weight excluding hydrogens is 975 g/mol. The van der Waals surface area contributed by atoms with Crippen molar-refractivity contribution in [2.24, 2.45) is 35.0 Å². The predicted molar refractivity (Wildman–Crippen MR) is 264 cm³/mol. The van der Waals surface area contributed by atoms with E-state index in [4.69, 9.17) is 17.2 Å². The van der Waals surface area contributed by atoms with Gasteiger partial charge in [-0.2, -0.15) is 0 Å². The molecule has 0 fully saturated rings. The number of nitrogens with two attached hydrogens (primary N) is 3. The average molecular weight is 1050 g/mol. The van der Waals surface area contributed by atoms with Gasteiger partial charge in [-0.1, -0.05) is 41.5 Å². The Morgan fingerprint density at radius 3 is 1.35 bits per heavy atom. The van der Waals surface area contributed by atoms with Crippen molar-refractivity contribution in [3.05, 3.63) is 18.2 Å². The van der Waals surface area contributed by atoms with E-state index in [1.165, 1.54) is 12.5 Å². The molecule has 418 valence electrons. The Balaban J connectivity index is 3.36. The second-order valence-corrected chi connectivity index (χ2v) is 19.2. The van der Waals surface area contributed by atoms with Crippen molar-refractivity contribution >= 4 is 65.1 Å². The topological polar surface area (TPSA) is 472 Å². The Morgan fingerprint density at radius 2 is 0.919 bits per heavy atom. The molecule has 0 unspecified atom stereocenters. The smallest absolute Gasteiger partial charge is 0.326 e. The highest BCUT2D eigenvalue weighted by Crippen LogP contribution is 2.12. The minimum Gasteiger partial charge on any atom is -0.481 e. The van der Waals surface area contributed by atoms with Crippen LogP contribution in [-0.4, -0.2) is 170 Å². The quantitative estimate of drug-likeness (QED) is 0.0280. The number of nitrogens with one attached hydrogen (secondary N) is 9. The molecule has 28 heteroatoms. The van der Waals surface area contributed by atoms with Crippen LogP contribution in [0.2, 0.25) is 0 Å². The number of H-pyrrole nitrogens is 1. The molecule has 1 heterocycles. The second-order valence-electron chi connectivity index (χ2n) is 19.2. The van der Waals surface area contributed by atoms with Gasteiger partial charge in [0.05, 0.1) is 25.6 Å². The van der Waals surface area contributed by atoms with Gasteiger partial charge in [0.15, 0.2) is 0 Å². The third kappa shape index (κ3) is 25.2. The van der Waals surface area contributed by atoms with E-state index in [1.54, 1.807) is 27.7 Å². The zero-order valence-electron chi connectivity index (χ0n) is 42.9. The Hall–Kier alpha value is -6.78. The molecule has 1 rings (SSSR count). The van der Waals surface area contributed by atoms with Crippen LogP contribution in [0.15, 0.2) is 12.5 Å². The van der Waals surface area contributed by atoms with Gasteiger partial charge in [-0.25, -0.2) is 9.78 Å². The van der Waals surface area contributed by atoms with Gasteiger partial charge in [0.1, 0.15) is 48.3 Å². The number of unbranched alkanes of at least 4 members (excludes halogenated alkanes) is 1. The fourth-order valence-corrected chi connectivity index (χ4v) is 7.26. The van der Waals surface area contributed by atoms with Crippen LogP contribution in [0.1, 0.15) is 111 Å². The number of aromatic nitrogens is 2. The zero-order chi connectivity index (χ0) is 56.2. The molecule has 28 nitrogen and oxygen atoms in total. The number of amides is 9. The predicted octanol–water partition coefficient (Wildman–Crippen LogP) is -4.38. The minimum absolute atomic E-state index is 0.00123. The number of carbonyl (C=O) groups excluding carboxylic acids is 9. The molecule has 0 saturated carbocycles. The van der Waals surface area contributed by atoms with Crippen LogP contribution in [-0.2, 0) is 59.2 Å². The molecule has 0 radical (unpaired) electrons. The van der Waals surface area contributed by atoms with Gasteiger partial charge in [0, 0.05) is 31.2 Å². The van der Waals surface area contributed by atoms with E-state index in [0.29, 0.717) is 12.1 Å². The summed E-state index contributed by atoms with van der Waals surface area (Å²) >= 11 is 0. The average Bonchev–Trinajstić information content (AvgIpc) is 3.83. The summed E-state index contributed by atoms with van der Waals surface area (Å²) in [5, 5.41) is 58.7. The maximum Gasteiger partial charge on any atom is 0.326 e. The number of hydrogen-bond acceptors (Lipinski definition) is 16. The van der Waals surface area contributed by atoms with E-state index in [-0.39, 0.29) is 75.7 Å². The SMILES string of the molecule is CC(C)C[C@H](NC(=O)[C@H](CCC(N)=O)NC(=O)[C@H](CC(C)C)NC(=O)[C@H](CCCCN)NC(=O)[C@H](CO)NC(=O)[C@H](CO)NC(=O)[C@H](Cc1cnc[nH]1)NC(=O)[C@H](CCC(=O)O)NC(=O)[C@@H](N)CC(C)C)C(=O)O. The van der Waals surface area contributed by atoms with Gasteiger partial charge in [-0.15, -0.1) is 0 Å². The summed E-state index contributed by atoms with van der Waals surface area (Å²) in [4.78, 5) is 150. The lowest BCUT2D eigenvalue weighted by molar-refractivity contribution is -0.143. The molecule has 1 aromatic heterocycles. The number of carboxylic acid groups (broad SMARTS) is 2.